The van der Waals surface area contributed by atoms with Gasteiger partial charge in [-0.3, -0.25) is 9.79 Å². The van der Waals surface area contributed by atoms with E-state index in [1.54, 1.807) is 7.05 Å². The highest BCUT2D eigenvalue weighted by Crippen LogP contribution is 2.14. The number of hydrogen-bond donors (Lipinski definition) is 2. The lowest BCUT2D eigenvalue weighted by atomic mass is 10.1. The molecule has 5 nitrogen and oxygen atoms in total. The summed E-state index contributed by atoms with van der Waals surface area (Å²) < 4.78 is 0. The number of carbonyl (C=O) groups is 1. The van der Waals surface area contributed by atoms with Crippen molar-refractivity contribution in [1.82, 2.24) is 15.5 Å². The van der Waals surface area contributed by atoms with Gasteiger partial charge in [0.2, 0.25) is 0 Å². The molecule has 0 bridgehead atoms. The first-order valence-corrected chi connectivity index (χ1v) is 10.1. The second-order valence-corrected chi connectivity index (χ2v) is 7.14. The van der Waals surface area contributed by atoms with Crippen LogP contribution in [-0.2, 0) is 13.0 Å². The lowest BCUT2D eigenvalue weighted by molar-refractivity contribution is 0.0724. The largest absolute Gasteiger partial charge is 0.356 e. The molecule has 2 aromatic carbocycles. The van der Waals surface area contributed by atoms with Gasteiger partial charge >= 0.3 is 0 Å². The zero-order valence-corrected chi connectivity index (χ0v) is 19.4. The van der Waals surface area contributed by atoms with Crippen LogP contribution in [0.4, 0.5) is 0 Å². The third kappa shape index (κ3) is 7.34. The summed E-state index contributed by atoms with van der Waals surface area (Å²) in [4.78, 5) is 18.8. The molecule has 1 aliphatic rings. The van der Waals surface area contributed by atoms with E-state index in [4.69, 9.17) is 0 Å². The molecule has 1 saturated heterocycles. The molecule has 0 aliphatic carbocycles. The van der Waals surface area contributed by atoms with Gasteiger partial charge in [-0.1, -0.05) is 42.5 Å². The molecule has 1 aliphatic heterocycles. The van der Waals surface area contributed by atoms with Gasteiger partial charge in [-0.05, 0) is 48.9 Å². The summed E-state index contributed by atoms with van der Waals surface area (Å²) in [6, 6.07) is 18.3. The monoisotopic (exact) mass is 506 g/mol. The summed E-state index contributed by atoms with van der Waals surface area (Å²) in [6.45, 7) is 3.26. The van der Waals surface area contributed by atoms with Crippen LogP contribution in [-0.4, -0.2) is 43.4 Å². The number of amides is 1. The Morgan fingerprint density at radius 2 is 1.62 bits per heavy atom. The number of carbonyl (C=O) groups excluding carboxylic acids is 1. The first-order chi connectivity index (χ1) is 13.8. The van der Waals surface area contributed by atoms with E-state index in [1.165, 1.54) is 12.0 Å². The quantitative estimate of drug-likeness (QED) is 0.356. The molecule has 156 valence electrons. The van der Waals surface area contributed by atoms with Crippen LogP contribution in [0.2, 0.25) is 0 Å². The minimum atomic E-state index is 0. The maximum absolute atomic E-state index is 12.5. The van der Waals surface area contributed by atoms with Crippen LogP contribution in [0.1, 0.15) is 40.7 Å². The molecule has 6 heteroatoms. The SMILES string of the molecule is CN=C(NCCc1ccccc1)NCc1ccc(C(=O)N2CCCCC2)cc1.I. The molecule has 1 fully saturated rings. The van der Waals surface area contributed by atoms with Crippen LogP contribution in [0.3, 0.4) is 0 Å². The van der Waals surface area contributed by atoms with Crippen molar-refractivity contribution in [2.45, 2.75) is 32.2 Å². The number of hydrogen-bond acceptors (Lipinski definition) is 2. The second kappa shape index (κ2) is 12.5. The van der Waals surface area contributed by atoms with Crippen LogP contribution in [0, 0.1) is 0 Å². The number of aliphatic imine (C=N–C) groups is 1. The van der Waals surface area contributed by atoms with E-state index in [1.807, 2.05) is 35.2 Å². The first-order valence-electron chi connectivity index (χ1n) is 10.1. The number of rotatable bonds is 6. The van der Waals surface area contributed by atoms with Crippen LogP contribution < -0.4 is 10.6 Å². The van der Waals surface area contributed by atoms with Gasteiger partial charge in [-0.15, -0.1) is 24.0 Å². The normalized spacial score (nSPS) is 14.1. The standard InChI is InChI=1S/C23H30N4O.HI/c1-24-23(25-15-14-19-8-4-2-5-9-19)26-18-20-10-12-21(13-11-20)22(28)27-16-6-3-7-17-27;/h2,4-5,8-13H,3,6-7,14-18H2,1H3,(H2,24,25,26);1H. The van der Waals surface area contributed by atoms with Gasteiger partial charge in [-0.2, -0.15) is 0 Å². The van der Waals surface area contributed by atoms with Crippen molar-refractivity contribution < 1.29 is 4.79 Å². The third-order valence-electron chi connectivity index (χ3n) is 5.08. The molecule has 0 saturated carbocycles. The van der Waals surface area contributed by atoms with Gasteiger partial charge in [0, 0.05) is 38.8 Å². The molecule has 0 radical (unpaired) electrons. The summed E-state index contributed by atoms with van der Waals surface area (Å²) in [7, 11) is 1.78. The van der Waals surface area contributed by atoms with Crippen molar-refractivity contribution in [1.29, 1.82) is 0 Å². The molecule has 2 aromatic rings. The number of benzene rings is 2. The molecule has 1 heterocycles. The van der Waals surface area contributed by atoms with Gasteiger partial charge in [0.15, 0.2) is 5.96 Å². The average Bonchev–Trinajstić information content (AvgIpc) is 2.77. The Hall–Kier alpha value is -2.09. The van der Waals surface area contributed by atoms with Crippen molar-refractivity contribution in [3.8, 4) is 0 Å². The van der Waals surface area contributed by atoms with Crippen LogP contribution in [0.5, 0.6) is 0 Å². The highest BCUT2D eigenvalue weighted by atomic mass is 127. The Morgan fingerprint density at radius 3 is 2.28 bits per heavy atom. The molecule has 1 amide bonds. The highest BCUT2D eigenvalue weighted by molar-refractivity contribution is 14.0. The Labute approximate surface area is 191 Å². The molecule has 2 N–H and O–H groups in total. The minimum Gasteiger partial charge on any atom is -0.356 e. The lowest BCUT2D eigenvalue weighted by Gasteiger charge is -2.26. The number of nitrogens with zero attached hydrogens (tertiary/aromatic N) is 2. The number of likely N-dealkylation sites (tertiary alicyclic amines) is 1. The van der Waals surface area contributed by atoms with E-state index < -0.39 is 0 Å². The smallest absolute Gasteiger partial charge is 0.253 e. The Morgan fingerprint density at radius 1 is 0.931 bits per heavy atom. The fourth-order valence-electron chi connectivity index (χ4n) is 3.42. The third-order valence-corrected chi connectivity index (χ3v) is 5.08. The number of guanidine groups is 1. The zero-order chi connectivity index (χ0) is 19.6. The molecule has 0 atom stereocenters. The Balaban J connectivity index is 0.00000300. The topological polar surface area (TPSA) is 56.7 Å². The average molecular weight is 506 g/mol. The van der Waals surface area contributed by atoms with E-state index in [0.29, 0.717) is 6.54 Å². The highest BCUT2D eigenvalue weighted by Gasteiger charge is 2.17. The molecular weight excluding hydrogens is 475 g/mol. The second-order valence-electron chi connectivity index (χ2n) is 7.14. The van der Waals surface area contributed by atoms with Gasteiger partial charge < -0.3 is 15.5 Å². The van der Waals surface area contributed by atoms with Crippen molar-refractivity contribution in [3.05, 3.63) is 71.3 Å². The fraction of sp³-hybridized carbons (Fsp3) is 0.391. The van der Waals surface area contributed by atoms with Gasteiger partial charge in [-0.25, -0.2) is 0 Å². The van der Waals surface area contributed by atoms with Gasteiger partial charge in [0.25, 0.3) is 5.91 Å². The molecule has 3 rings (SSSR count). The number of piperidine rings is 1. The Bertz CT molecular complexity index is 771. The predicted molar refractivity (Wildman–Crippen MR) is 130 cm³/mol. The van der Waals surface area contributed by atoms with Crippen molar-refractivity contribution in [3.63, 3.8) is 0 Å². The van der Waals surface area contributed by atoms with Crippen molar-refractivity contribution in [2.75, 3.05) is 26.7 Å². The molecule has 0 unspecified atom stereocenters. The summed E-state index contributed by atoms with van der Waals surface area (Å²) in [5.41, 5.74) is 3.21. The maximum atomic E-state index is 12.5. The predicted octanol–water partition coefficient (Wildman–Crippen LogP) is 3.84. The summed E-state index contributed by atoms with van der Waals surface area (Å²) >= 11 is 0. The summed E-state index contributed by atoms with van der Waals surface area (Å²) in [5.74, 6) is 0.932. The van der Waals surface area contributed by atoms with E-state index >= 15 is 0 Å². The number of halogens is 1. The molecule has 0 aromatic heterocycles. The number of nitrogens with one attached hydrogen (secondary N) is 2. The van der Waals surface area contributed by atoms with Crippen LogP contribution in [0.25, 0.3) is 0 Å². The minimum absolute atomic E-state index is 0. The fourth-order valence-corrected chi connectivity index (χ4v) is 3.42. The lowest BCUT2D eigenvalue weighted by Crippen LogP contribution is -2.38. The van der Waals surface area contributed by atoms with Crippen LogP contribution in [0.15, 0.2) is 59.6 Å². The summed E-state index contributed by atoms with van der Waals surface area (Å²) in [6.07, 6.45) is 4.41. The summed E-state index contributed by atoms with van der Waals surface area (Å²) in [5, 5.41) is 6.67. The zero-order valence-electron chi connectivity index (χ0n) is 17.1. The molecule has 0 spiro atoms. The van der Waals surface area contributed by atoms with E-state index in [2.05, 4.69) is 39.9 Å². The van der Waals surface area contributed by atoms with Crippen molar-refractivity contribution in [2.24, 2.45) is 4.99 Å². The molecular formula is C23H31IN4O. The van der Waals surface area contributed by atoms with E-state index in [9.17, 15) is 4.79 Å². The Kier molecular flexibility index (Phi) is 9.97. The van der Waals surface area contributed by atoms with Crippen LogP contribution >= 0.6 is 24.0 Å². The van der Waals surface area contributed by atoms with Gasteiger partial charge in [0.05, 0.1) is 0 Å². The first kappa shape index (κ1) is 23.2. The van der Waals surface area contributed by atoms with Crippen molar-refractivity contribution >= 4 is 35.8 Å². The van der Waals surface area contributed by atoms with E-state index in [0.717, 1.165) is 56.0 Å². The van der Waals surface area contributed by atoms with Gasteiger partial charge in [0.1, 0.15) is 0 Å². The van der Waals surface area contributed by atoms with E-state index in [-0.39, 0.29) is 29.9 Å². The maximum Gasteiger partial charge on any atom is 0.253 e. The molecule has 29 heavy (non-hydrogen) atoms.